The van der Waals surface area contributed by atoms with Crippen LogP contribution in [0.5, 0.6) is 5.75 Å². The second-order valence-electron chi connectivity index (χ2n) is 4.10. The van der Waals surface area contributed by atoms with Gasteiger partial charge in [0.15, 0.2) is 0 Å². The van der Waals surface area contributed by atoms with E-state index in [2.05, 4.69) is 4.98 Å². The molecule has 1 N–H and O–H groups in total. The molecule has 0 radical (unpaired) electrons. The summed E-state index contributed by atoms with van der Waals surface area (Å²) in [5, 5.41) is 12.0. The molecule has 3 aromatic rings. The van der Waals surface area contributed by atoms with Gasteiger partial charge in [-0.1, -0.05) is 12.1 Å². The maximum absolute atomic E-state index is 13.2. The Hall–Kier alpha value is -2.20. The van der Waals surface area contributed by atoms with Crippen molar-refractivity contribution in [3.63, 3.8) is 0 Å². The highest BCUT2D eigenvalue weighted by molar-refractivity contribution is 7.13. The van der Waals surface area contributed by atoms with Gasteiger partial charge < -0.3 is 5.11 Å². The molecule has 3 rings (SSSR count). The van der Waals surface area contributed by atoms with Gasteiger partial charge in [-0.3, -0.25) is 0 Å². The third-order valence-corrected chi connectivity index (χ3v) is 3.63. The van der Waals surface area contributed by atoms with Crippen molar-refractivity contribution in [3.05, 3.63) is 59.7 Å². The number of benzene rings is 2. The van der Waals surface area contributed by atoms with Crippen LogP contribution >= 0.6 is 11.3 Å². The lowest BCUT2D eigenvalue weighted by Gasteiger charge is -1.97. The Balaban J connectivity index is 1.97. The van der Waals surface area contributed by atoms with Gasteiger partial charge in [0.1, 0.15) is 16.6 Å². The van der Waals surface area contributed by atoms with Gasteiger partial charge in [0.05, 0.1) is 5.69 Å². The molecular weight excluding hydrogens is 261 g/mol. The van der Waals surface area contributed by atoms with Gasteiger partial charge in [-0.25, -0.2) is 9.37 Å². The molecular formula is C15H10FNOS. The SMILES string of the molecule is Oc1ccc(-c2nc(-c3cccc(F)c3)cs2)cc1. The molecule has 0 fully saturated rings. The van der Waals surface area contributed by atoms with Crippen molar-refractivity contribution in [1.29, 1.82) is 0 Å². The number of nitrogens with zero attached hydrogens (tertiary/aromatic N) is 1. The van der Waals surface area contributed by atoms with Crippen LogP contribution in [0.25, 0.3) is 21.8 Å². The highest BCUT2D eigenvalue weighted by Gasteiger charge is 2.07. The topological polar surface area (TPSA) is 33.1 Å². The van der Waals surface area contributed by atoms with Crippen LogP contribution < -0.4 is 0 Å². The molecule has 0 aliphatic heterocycles. The third-order valence-electron chi connectivity index (χ3n) is 2.74. The Morgan fingerprint density at radius 3 is 2.53 bits per heavy atom. The summed E-state index contributed by atoms with van der Waals surface area (Å²) in [6.45, 7) is 0. The molecule has 1 aromatic heterocycles. The zero-order valence-corrected chi connectivity index (χ0v) is 10.7. The monoisotopic (exact) mass is 271 g/mol. The summed E-state index contributed by atoms with van der Waals surface area (Å²) in [6.07, 6.45) is 0. The number of rotatable bonds is 2. The molecule has 4 heteroatoms. The van der Waals surface area contributed by atoms with Crippen molar-refractivity contribution in [1.82, 2.24) is 4.98 Å². The van der Waals surface area contributed by atoms with Crippen LogP contribution in [0.3, 0.4) is 0 Å². The Kier molecular flexibility index (Phi) is 3.01. The molecule has 0 unspecified atom stereocenters. The molecule has 0 amide bonds. The highest BCUT2D eigenvalue weighted by Crippen LogP contribution is 2.29. The van der Waals surface area contributed by atoms with E-state index < -0.39 is 0 Å². The number of phenols is 1. The van der Waals surface area contributed by atoms with Crippen LogP contribution in [0.15, 0.2) is 53.9 Å². The van der Waals surface area contributed by atoms with Gasteiger partial charge in [0, 0.05) is 16.5 Å². The van der Waals surface area contributed by atoms with E-state index in [1.54, 1.807) is 18.2 Å². The first-order chi connectivity index (χ1) is 9.22. The third kappa shape index (κ3) is 2.48. The largest absolute Gasteiger partial charge is 0.508 e. The van der Waals surface area contributed by atoms with Crippen LogP contribution in [0.2, 0.25) is 0 Å². The van der Waals surface area contributed by atoms with Gasteiger partial charge in [0.2, 0.25) is 0 Å². The minimum atomic E-state index is -0.267. The number of hydrogen-bond donors (Lipinski definition) is 1. The first-order valence-corrected chi connectivity index (χ1v) is 6.61. The van der Waals surface area contributed by atoms with Crippen molar-refractivity contribution in [2.45, 2.75) is 0 Å². The van der Waals surface area contributed by atoms with E-state index in [1.807, 2.05) is 23.6 Å². The molecule has 2 nitrogen and oxygen atoms in total. The lowest BCUT2D eigenvalue weighted by Crippen LogP contribution is -1.81. The molecule has 0 bridgehead atoms. The minimum absolute atomic E-state index is 0.227. The standard InChI is InChI=1S/C15H10FNOS/c16-12-3-1-2-11(8-12)14-9-19-15(17-14)10-4-6-13(18)7-5-10/h1-9,18H. The summed E-state index contributed by atoms with van der Waals surface area (Å²) in [5.74, 6) is -0.0395. The summed E-state index contributed by atoms with van der Waals surface area (Å²) in [6, 6.07) is 13.2. The van der Waals surface area contributed by atoms with E-state index in [0.717, 1.165) is 21.8 Å². The lowest BCUT2D eigenvalue weighted by molar-refractivity contribution is 0.475. The average Bonchev–Trinajstić information content (AvgIpc) is 2.89. The summed E-state index contributed by atoms with van der Waals surface area (Å²) >= 11 is 1.49. The molecule has 94 valence electrons. The highest BCUT2D eigenvalue weighted by atomic mass is 32.1. The van der Waals surface area contributed by atoms with Crippen molar-refractivity contribution < 1.29 is 9.50 Å². The maximum atomic E-state index is 13.2. The smallest absolute Gasteiger partial charge is 0.124 e. The van der Waals surface area contributed by atoms with Crippen LogP contribution in [-0.4, -0.2) is 10.1 Å². The first-order valence-electron chi connectivity index (χ1n) is 5.73. The number of aromatic hydroxyl groups is 1. The van der Waals surface area contributed by atoms with Crippen LogP contribution in [-0.2, 0) is 0 Å². The summed E-state index contributed by atoms with van der Waals surface area (Å²) in [5.41, 5.74) is 2.46. The summed E-state index contributed by atoms with van der Waals surface area (Å²) in [4.78, 5) is 4.49. The van der Waals surface area contributed by atoms with Crippen molar-refractivity contribution in [3.8, 4) is 27.6 Å². The lowest BCUT2D eigenvalue weighted by atomic mass is 10.2. The number of aromatic nitrogens is 1. The molecule has 0 saturated carbocycles. The quantitative estimate of drug-likeness (QED) is 0.753. The maximum Gasteiger partial charge on any atom is 0.124 e. The summed E-state index contributed by atoms with van der Waals surface area (Å²) < 4.78 is 13.2. The van der Waals surface area contributed by atoms with Gasteiger partial charge in [-0.15, -0.1) is 11.3 Å². The molecule has 0 spiro atoms. The van der Waals surface area contributed by atoms with E-state index in [0.29, 0.717) is 0 Å². The van der Waals surface area contributed by atoms with E-state index in [9.17, 15) is 9.50 Å². The molecule has 0 atom stereocenters. The van der Waals surface area contributed by atoms with Gasteiger partial charge in [0.25, 0.3) is 0 Å². The van der Waals surface area contributed by atoms with Crippen molar-refractivity contribution in [2.75, 3.05) is 0 Å². The molecule has 2 aromatic carbocycles. The van der Waals surface area contributed by atoms with E-state index in [-0.39, 0.29) is 11.6 Å². The Morgan fingerprint density at radius 2 is 1.79 bits per heavy atom. The van der Waals surface area contributed by atoms with Crippen molar-refractivity contribution >= 4 is 11.3 Å². The first kappa shape index (κ1) is 11.9. The predicted molar refractivity (Wildman–Crippen MR) is 74.6 cm³/mol. The predicted octanol–water partition coefficient (Wildman–Crippen LogP) is 4.32. The fourth-order valence-corrected chi connectivity index (χ4v) is 2.63. The average molecular weight is 271 g/mol. The minimum Gasteiger partial charge on any atom is -0.508 e. The van der Waals surface area contributed by atoms with Gasteiger partial charge >= 0.3 is 0 Å². The second kappa shape index (κ2) is 4.82. The number of phenolic OH excluding ortho intramolecular Hbond substituents is 1. The van der Waals surface area contributed by atoms with Gasteiger partial charge in [-0.2, -0.15) is 0 Å². The zero-order valence-electron chi connectivity index (χ0n) is 9.88. The fraction of sp³-hybridized carbons (Fsp3) is 0. The Labute approximate surface area is 113 Å². The molecule has 0 aliphatic rings. The Morgan fingerprint density at radius 1 is 1.00 bits per heavy atom. The van der Waals surface area contributed by atoms with Crippen molar-refractivity contribution in [2.24, 2.45) is 0 Å². The fourth-order valence-electron chi connectivity index (χ4n) is 1.79. The number of halogens is 1. The van der Waals surface area contributed by atoms with Gasteiger partial charge in [-0.05, 0) is 36.4 Å². The van der Waals surface area contributed by atoms with E-state index in [4.69, 9.17) is 0 Å². The normalized spacial score (nSPS) is 10.6. The number of thiazole rings is 1. The zero-order chi connectivity index (χ0) is 13.2. The van der Waals surface area contributed by atoms with Crippen LogP contribution in [0.1, 0.15) is 0 Å². The number of hydrogen-bond acceptors (Lipinski definition) is 3. The molecule has 0 aliphatic carbocycles. The van der Waals surface area contributed by atoms with E-state index in [1.165, 1.54) is 23.5 Å². The van der Waals surface area contributed by atoms with E-state index >= 15 is 0 Å². The molecule has 0 saturated heterocycles. The molecule has 19 heavy (non-hydrogen) atoms. The Bertz CT molecular complexity index is 706. The van der Waals surface area contributed by atoms with Crippen LogP contribution in [0, 0.1) is 5.82 Å². The van der Waals surface area contributed by atoms with Crippen LogP contribution in [0.4, 0.5) is 4.39 Å². The second-order valence-corrected chi connectivity index (χ2v) is 4.95. The molecule has 1 heterocycles. The summed E-state index contributed by atoms with van der Waals surface area (Å²) in [7, 11) is 0.